The van der Waals surface area contributed by atoms with Crippen LogP contribution in [0.4, 0.5) is 0 Å². The fraction of sp³-hybridized carbons (Fsp3) is 0.294. The first-order chi connectivity index (χ1) is 10.6. The first kappa shape index (κ1) is 15.8. The van der Waals surface area contributed by atoms with Gasteiger partial charge in [-0.15, -0.1) is 0 Å². The van der Waals surface area contributed by atoms with Crippen molar-refractivity contribution in [1.82, 2.24) is 9.88 Å². The second-order valence-electron chi connectivity index (χ2n) is 4.95. The number of pyridine rings is 1. The van der Waals surface area contributed by atoms with Gasteiger partial charge in [-0.2, -0.15) is 0 Å². The molecule has 0 saturated heterocycles. The number of hydrogen-bond acceptors (Lipinski definition) is 4. The SMILES string of the molecule is COc1ncccc1C(=O)N(C)CCOc1cccc(C)c1. The number of likely N-dealkylation sites (N-methyl/N-ethyl adjacent to an activating group) is 1. The van der Waals surface area contributed by atoms with E-state index in [0.29, 0.717) is 24.6 Å². The molecule has 0 aliphatic heterocycles. The summed E-state index contributed by atoms with van der Waals surface area (Å²) in [6, 6.07) is 11.2. The number of benzene rings is 1. The van der Waals surface area contributed by atoms with Crippen molar-refractivity contribution in [3.05, 3.63) is 53.7 Å². The van der Waals surface area contributed by atoms with Gasteiger partial charge in [0.15, 0.2) is 0 Å². The van der Waals surface area contributed by atoms with Crippen molar-refractivity contribution in [3.63, 3.8) is 0 Å². The summed E-state index contributed by atoms with van der Waals surface area (Å²) in [7, 11) is 3.23. The fourth-order valence-electron chi connectivity index (χ4n) is 2.03. The first-order valence-electron chi connectivity index (χ1n) is 7.05. The molecule has 0 atom stereocenters. The minimum absolute atomic E-state index is 0.141. The maximum atomic E-state index is 12.4. The molecule has 0 unspecified atom stereocenters. The van der Waals surface area contributed by atoms with E-state index in [1.165, 1.54) is 7.11 Å². The summed E-state index contributed by atoms with van der Waals surface area (Å²) in [5, 5.41) is 0. The molecule has 5 nitrogen and oxygen atoms in total. The lowest BCUT2D eigenvalue weighted by Gasteiger charge is -2.18. The van der Waals surface area contributed by atoms with Gasteiger partial charge < -0.3 is 14.4 Å². The molecule has 0 spiro atoms. The van der Waals surface area contributed by atoms with Crippen LogP contribution in [0.25, 0.3) is 0 Å². The highest BCUT2D eigenvalue weighted by atomic mass is 16.5. The van der Waals surface area contributed by atoms with Crippen LogP contribution in [-0.2, 0) is 0 Å². The molecule has 0 N–H and O–H groups in total. The molecule has 0 radical (unpaired) electrons. The third-order valence-electron chi connectivity index (χ3n) is 3.23. The van der Waals surface area contributed by atoms with Crippen molar-refractivity contribution in [3.8, 4) is 11.6 Å². The summed E-state index contributed by atoms with van der Waals surface area (Å²) in [6.45, 7) is 2.91. The van der Waals surface area contributed by atoms with Crippen molar-refractivity contribution >= 4 is 5.91 Å². The van der Waals surface area contributed by atoms with Crippen molar-refractivity contribution in [1.29, 1.82) is 0 Å². The molecule has 2 aromatic rings. The standard InChI is InChI=1S/C17H20N2O3/c1-13-6-4-7-14(12-13)22-11-10-19(2)17(20)15-8-5-9-18-16(15)21-3/h4-9,12H,10-11H2,1-3H3. The van der Waals surface area contributed by atoms with Gasteiger partial charge in [0.2, 0.25) is 5.88 Å². The number of aryl methyl sites for hydroxylation is 1. The second-order valence-corrected chi connectivity index (χ2v) is 4.95. The average Bonchev–Trinajstić information content (AvgIpc) is 2.54. The van der Waals surface area contributed by atoms with Gasteiger partial charge in [0, 0.05) is 13.2 Å². The van der Waals surface area contributed by atoms with E-state index < -0.39 is 0 Å². The van der Waals surface area contributed by atoms with Gasteiger partial charge in [0.1, 0.15) is 17.9 Å². The summed E-state index contributed by atoms with van der Waals surface area (Å²) in [5.41, 5.74) is 1.59. The van der Waals surface area contributed by atoms with Crippen LogP contribution in [0.5, 0.6) is 11.6 Å². The van der Waals surface area contributed by atoms with E-state index in [1.54, 1.807) is 30.3 Å². The van der Waals surface area contributed by atoms with Crippen LogP contribution in [-0.4, -0.2) is 43.1 Å². The van der Waals surface area contributed by atoms with Crippen LogP contribution < -0.4 is 9.47 Å². The highest BCUT2D eigenvalue weighted by Crippen LogP contribution is 2.16. The molecular weight excluding hydrogens is 280 g/mol. The van der Waals surface area contributed by atoms with E-state index in [1.807, 2.05) is 31.2 Å². The minimum Gasteiger partial charge on any atom is -0.492 e. The van der Waals surface area contributed by atoms with Gasteiger partial charge in [0.25, 0.3) is 5.91 Å². The Kier molecular flexibility index (Phi) is 5.36. The van der Waals surface area contributed by atoms with Crippen molar-refractivity contribution in [2.24, 2.45) is 0 Å². The number of rotatable bonds is 6. The van der Waals surface area contributed by atoms with Gasteiger partial charge in [-0.25, -0.2) is 4.98 Å². The van der Waals surface area contributed by atoms with Gasteiger partial charge in [-0.1, -0.05) is 12.1 Å². The number of methoxy groups -OCH3 is 1. The zero-order valence-electron chi connectivity index (χ0n) is 13.1. The van der Waals surface area contributed by atoms with Crippen LogP contribution in [0, 0.1) is 6.92 Å². The van der Waals surface area contributed by atoms with Gasteiger partial charge in [0.05, 0.1) is 13.7 Å². The summed E-state index contributed by atoms with van der Waals surface area (Å²) in [6.07, 6.45) is 1.59. The first-order valence-corrected chi connectivity index (χ1v) is 7.05. The van der Waals surface area contributed by atoms with E-state index >= 15 is 0 Å². The maximum absolute atomic E-state index is 12.4. The molecule has 0 bridgehead atoms. The Labute approximate surface area is 130 Å². The monoisotopic (exact) mass is 300 g/mol. The Bertz CT molecular complexity index is 643. The predicted molar refractivity (Wildman–Crippen MR) is 84.4 cm³/mol. The molecule has 116 valence electrons. The van der Waals surface area contributed by atoms with Crippen LogP contribution in [0.2, 0.25) is 0 Å². The number of aromatic nitrogens is 1. The van der Waals surface area contributed by atoms with E-state index in [9.17, 15) is 4.79 Å². The molecule has 0 saturated carbocycles. The Morgan fingerprint density at radius 2 is 2.09 bits per heavy atom. The van der Waals surface area contributed by atoms with Crippen LogP contribution in [0.15, 0.2) is 42.6 Å². The lowest BCUT2D eigenvalue weighted by molar-refractivity contribution is 0.0769. The third kappa shape index (κ3) is 3.97. The molecule has 2 rings (SSSR count). The van der Waals surface area contributed by atoms with Gasteiger partial charge in [-0.3, -0.25) is 4.79 Å². The van der Waals surface area contributed by atoms with Crippen molar-refractivity contribution in [2.75, 3.05) is 27.3 Å². The lowest BCUT2D eigenvalue weighted by Crippen LogP contribution is -2.31. The molecule has 22 heavy (non-hydrogen) atoms. The summed E-state index contributed by atoms with van der Waals surface area (Å²) >= 11 is 0. The van der Waals surface area contributed by atoms with Crippen LogP contribution in [0.3, 0.4) is 0 Å². The van der Waals surface area contributed by atoms with E-state index in [4.69, 9.17) is 9.47 Å². The molecule has 1 aromatic heterocycles. The largest absolute Gasteiger partial charge is 0.492 e. The zero-order valence-corrected chi connectivity index (χ0v) is 13.1. The molecule has 1 amide bonds. The minimum atomic E-state index is -0.141. The second kappa shape index (κ2) is 7.45. The maximum Gasteiger partial charge on any atom is 0.259 e. The van der Waals surface area contributed by atoms with Crippen molar-refractivity contribution < 1.29 is 14.3 Å². The highest BCUT2D eigenvalue weighted by Gasteiger charge is 2.16. The molecule has 1 heterocycles. The smallest absolute Gasteiger partial charge is 0.259 e. The van der Waals surface area contributed by atoms with E-state index in [2.05, 4.69) is 4.98 Å². The summed E-state index contributed by atoms with van der Waals surface area (Å²) in [5.74, 6) is 0.997. The normalized spacial score (nSPS) is 10.1. The van der Waals surface area contributed by atoms with E-state index in [-0.39, 0.29) is 5.91 Å². The topological polar surface area (TPSA) is 51.7 Å². The number of nitrogens with zero attached hydrogens (tertiary/aromatic N) is 2. The highest BCUT2D eigenvalue weighted by molar-refractivity contribution is 5.96. The zero-order chi connectivity index (χ0) is 15.9. The Morgan fingerprint density at radius 3 is 2.82 bits per heavy atom. The molecule has 0 aliphatic rings. The quantitative estimate of drug-likeness (QED) is 0.822. The number of ether oxygens (including phenoxy) is 2. The summed E-state index contributed by atoms with van der Waals surface area (Å²) < 4.78 is 10.8. The third-order valence-corrected chi connectivity index (χ3v) is 3.23. The van der Waals surface area contributed by atoms with Gasteiger partial charge >= 0.3 is 0 Å². The lowest BCUT2D eigenvalue weighted by atomic mass is 10.2. The van der Waals surface area contributed by atoms with Crippen LogP contribution in [0.1, 0.15) is 15.9 Å². The average molecular weight is 300 g/mol. The van der Waals surface area contributed by atoms with E-state index in [0.717, 1.165) is 11.3 Å². The summed E-state index contributed by atoms with van der Waals surface area (Å²) in [4.78, 5) is 18.0. The Hall–Kier alpha value is -2.56. The molecule has 1 aromatic carbocycles. The number of hydrogen-bond donors (Lipinski definition) is 0. The molecule has 5 heteroatoms. The van der Waals surface area contributed by atoms with Gasteiger partial charge in [-0.05, 0) is 36.8 Å². The Morgan fingerprint density at radius 1 is 1.27 bits per heavy atom. The predicted octanol–water partition coefficient (Wildman–Crippen LogP) is 2.55. The molecule has 0 fully saturated rings. The number of carbonyl (C=O) groups excluding carboxylic acids is 1. The number of carbonyl (C=O) groups is 1. The Balaban J connectivity index is 1.91. The molecule has 0 aliphatic carbocycles. The van der Waals surface area contributed by atoms with Crippen LogP contribution >= 0.6 is 0 Å². The van der Waals surface area contributed by atoms with Crippen molar-refractivity contribution in [2.45, 2.75) is 6.92 Å². The number of amides is 1. The molecular formula is C17H20N2O3. The fourth-order valence-corrected chi connectivity index (χ4v) is 2.03.